The fourth-order valence-corrected chi connectivity index (χ4v) is 2.73. The first-order chi connectivity index (χ1) is 9.70. The van der Waals surface area contributed by atoms with Crippen LogP contribution >= 0.6 is 15.9 Å². The van der Waals surface area contributed by atoms with Crippen molar-refractivity contribution in [2.75, 3.05) is 13.1 Å². The van der Waals surface area contributed by atoms with Gasteiger partial charge >= 0.3 is 6.18 Å². The minimum Gasteiger partial charge on any atom is -0.337 e. The van der Waals surface area contributed by atoms with E-state index >= 15 is 0 Å². The Morgan fingerprint density at radius 1 is 1.38 bits per heavy atom. The zero-order valence-electron chi connectivity index (χ0n) is 11.2. The lowest BCUT2D eigenvalue weighted by atomic mass is 9.97. The summed E-state index contributed by atoms with van der Waals surface area (Å²) in [6, 6.07) is 3.41. The molecular formula is C14H13BrF3NO2. The number of nitrogens with zero attached hydrogens (tertiary/aromatic N) is 1. The van der Waals surface area contributed by atoms with Gasteiger partial charge in [-0.1, -0.05) is 22.9 Å². The molecule has 1 amide bonds. The second-order valence-electron chi connectivity index (χ2n) is 5.06. The first-order valence-electron chi connectivity index (χ1n) is 6.39. The number of halogens is 4. The van der Waals surface area contributed by atoms with Crippen molar-refractivity contribution >= 4 is 27.6 Å². The summed E-state index contributed by atoms with van der Waals surface area (Å²) in [5, 5.41) is 0. The van der Waals surface area contributed by atoms with Crippen molar-refractivity contribution in [3.63, 3.8) is 0 Å². The fourth-order valence-electron chi connectivity index (χ4n) is 2.26. The van der Waals surface area contributed by atoms with E-state index in [1.165, 1.54) is 17.0 Å². The number of ketones is 1. The van der Waals surface area contributed by atoms with Crippen LogP contribution in [0.2, 0.25) is 0 Å². The molecule has 21 heavy (non-hydrogen) atoms. The molecule has 1 aromatic rings. The van der Waals surface area contributed by atoms with E-state index in [9.17, 15) is 22.8 Å². The molecule has 1 atom stereocenters. The summed E-state index contributed by atoms with van der Waals surface area (Å²) < 4.78 is 38.4. The minimum absolute atomic E-state index is 0.0212. The Morgan fingerprint density at radius 2 is 2.05 bits per heavy atom. The number of carbonyl (C=O) groups excluding carboxylic acids is 2. The average molecular weight is 364 g/mol. The Labute approximate surface area is 128 Å². The van der Waals surface area contributed by atoms with Gasteiger partial charge in [0.2, 0.25) is 0 Å². The molecule has 7 heteroatoms. The lowest BCUT2D eigenvalue weighted by Gasteiger charge is -2.30. The molecule has 0 radical (unpaired) electrons. The van der Waals surface area contributed by atoms with Gasteiger partial charge in [0.15, 0.2) is 0 Å². The second-order valence-corrected chi connectivity index (χ2v) is 5.92. The van der Waals surface area contributed by atoms with E-state index in [4.69, 9.17) is 0 Å². The molecule has 0 aromatic heterocycles. The van der Waals surface area contributed by atoms with Crippen molar-refractivity contribution in [2.45, 2.75) is 19.5 Å². The zero-order chi connectivity index (χ0) is 15.8. The van der Waals surface area contributed by atoms with Crippen LogP contribution in [0.1, 0.15) is 29.3 Å². The molecule has 3 nitrogen and oxygen atoms in total. The normalized spacial score (nSPS) is 19.8. The Bertz CT molecular complexity index is 586. The predicted octanol–water partition coefficient (Wildman–Crippen LogP) is 3.52. The van der Waals surface area contributed by atoms with Gasteiger partial charge in [0.25, 0.3) is 5.91 Å². The number of alkyl halides is 3. The molecular weight excluding hydrogens is 351 g/mol. The van der Waals surface area contributed by atoms with Crippen LogP contribution in [-0.2, 0) is 11.0 Å². The van der Waals surface area contributed by atoms with Crippen LogP contribution in [0.5, 0.6) is 0 Å². The third kappa shape index (κ3) is 3.45. The van der Waals surface area contributed by atoms with Crippen LogP contribution < -0.4 is 0 Å². The van der Waals surface area contributed by atoms with Crippen LogP contribution in [0.3, 0.4) is 0 Å². The average Bonchev–Trinajstić information content (AvgIpc) is 2.40. The van der Waals surface area contributed by atoms with Gasteiger partial charge in [-0.2, -0.15) is 13.2 Å². The monoisotopic (exact) mass is 363 g/mol. The van der Waals surface area contributed by atoms with E-state index in [0.29, 0.717) is 0 Å². The van der Waals surface area contributed by atoms with Gasteiger partial charge in [0, 0.05) is 35.5 Å². The Morgan fingerprint density at radius 3 is 2.62 bits per heavy atom. The molecule has 0 spiro atoms. The Kier molecular flexibility index (Phi) is 4.41. The molecule has 1 saturated heterocycles. The van der Waals surface area contributed by atoms with Gasteiger partial charge in [-0.15, -0.1) is 0 Å². The molecule has 0 aliphatic carbocycles. The van der Waals surface area contributed by atoms with Crippen molar-refractivity contribution in [1.82, 2.24) is 4.90 Å². The largest absolute Gasteiger partial charge is 0.417 e. The summed E-state index contributed by atoms with van der Waals surface area (Å²) >= 11 is 2.84. The molecule has 114 valence electrons. The number of rotatable bonds is 1. The van der Waals surface area contributed by atoms with Crippen molar-refractivity contribution in [3.8, 4) is 0 Å². The number of hydrogen-bond acceptors (Lipinski definition) is 2. The smallest absolute Gasteiger partial charge is 0.337 e. The minimum atomic E-state index is -4.53. The number of amides is 1. The fraction of sp³-hybridized carbons (Fsp3) is 0.429. The summed E-state index contributed by atoms with van der Waals surface area (Å²) in [4.78, 5) is 25.1. The maximum Gasteiger partial charge on any atom is 0.417 e. The molecule has 0 N–H and O–H groups in total. The number of benzene rings is 1. The highest BCUT2D eigenvalue weighted by Gasteiger charge is 2.34. The highest BCUT2D eigenvalue weighted by Crippen LogP contribution is 2.35. The Hall–Kier alpha value is -1.37. The molecule has 0 bridgehead atoms. The van der Waals surface area contributed by atoms with Crippen LogP contribution in [0.4, 0.5) is 13.2 Å². The van der Waals surface area contributed by atoms with Crippen molar-refractivity contribution in [3.05, 3.63) is 33.8 Å². The van der Waals surface area contributed by atoms with Gasteiger partial charge in [-0.05, 0) is 18.2 Å². The lowest BCUT2D eigenvalue weighted by Crippen LogP contribution is -2.43. The van der Waals surface area contributed by atoms with E-state index in [0.717, 1.165) is 6.07 Å². The Balaban J connectivity index is 2.26. The number of likely N-dealkylation sites (tertiary alicyclic amines) is 1. The third-order valence-corrected chi connectivity index (χ3v) is 4.17. The van der Waals surface area contributed by atoms with Crippen molar-refractivity contribution in [2.24, 2.45) is 5.92 Å². The van der Waals surface area contributed by atoms with E-state index in [1.807, 2.05) is 0 Å². The zero-order valence-corrected chi connectivity index (χ0v) is 12.8. The van der Waals surface area contributed by atoms with Gasteiger partial charge < -0.3 is 4.90 Å². The SMILES string of the molecule is CC1CN(C(=O)c2ccc(Br)c(C(F)(F)F)c2)CCC1=O. The van der Waals surface area contributed by atoms with Gasteiger partial charge in [0.05, 0.1) is 5.56 Å². The number of hydrogen-bond donors (Lipinski definition) is 0. The summed E-state index contributed by atoms with van der Waals surface area (Å²) in [6.45, 7) is 2.21. The van der Waals surface area contributed by atoms with Crippen LogP contribution in [0, 0.1) is 5.92 Å². The molecule has 1 aliphatic rings. The standard InChI is InChI=1S/C14H13BrF3NO2/c1-8-7-19(5-4-12(8)20)13(21)9-2-3-11(15)10(6-9)14(16,17)18/h2-3,6,8H,4-5,7H2,1H3. The molecule has 2 rings (SSSR count). The van der Waals surface area contributed by atoms with Crippen molar-refractivity contribution < 1.29 is 22.8 Å². The lowest BCUT2D eigenvalue weighted by molar-refractivity contribution is -0.138. The van der Waals surface area contributed by atoms with Crippen LogP contribution in [0.25, 0.3) is 0 Å². The quantitative estimate of drug-likeness (QED) is 0.765. The topological polar surface area (TPSA) is 37.4 Å². The first-order valence-corrected chi connectivity index (χ1v) is 7.18. The van der Waals surface area contributed by atoms with Crippen LogP contribution in [-0.4, -0.2) is 29.7 Å². The molecule has 1 aliphatic heterocycles. The molecule has 0 saturated carbocycles. The van der Waals surface area contributed by atoms with E-state index < -0.39 is 17.6 Å². The number of piperidine rings is 1. The van der Waals surface area contributed by atoms with Gasteiger partial charge in [0.1, 0.15) is 5.78 Å². The van der Waals surface area contributed by atoms with Gasteiger partial charge in [-0.25, -0.2) is 0 Å². The number of Topliss-reactive ketones (excluding diaryl/α,β-unsaturated/α-hetero) is 1. The van der Waals surface area contributed by atoms with E-state index in [2.05, 4.69) is 15.9 Å². The first kappa shape index (κ1) is 16.0. The molecule has 1 aromatic carbocycles. The third-order valence-electron chi connectivity index (χ3n) is 3.48. The predicted molar refractivity (Wildman–Crippen MR) is 73.8 cm³/mol. The summed E-state index contributed by atoms with van der Waals surface area (Å²) in [6.07, 6.45) is -4.28. The number of carbonyl (C=O) groups is 2. The van der Waals surface area contributed by atoms with Gasteiger partial charge in [-0.3, -0.25) is 9.59 Å². The highest BCUT2D eigenvalue weighted by molar-refractivity contribution is 9.10. The highest BCUT2D eigenvalue weighted by atomic mass is 79.9. The molecule has 1 heterocycles. The van der Waals surface area contributed by atoms with Crippen molar-refractivity contribution in [1.29, 1.82) is 0 Å². The maximum absolute atomic E-state index is 12.8. The maximum atomic E-state index is 12.8. The summed E-state index contributed by atoms with van der Waals surface area (Å²) in [7, 11) is 0. The second kappa shape index (κ2) is 5.79. The molecule has 1 fully saturated rings. The van der Waals surface area contributed by atoms with Crippen LogP contribution in [0.15, 0.2) is 22.7 Å². The summed E-state index contributed by atoms with van der Waals surface area (Å²) in [5.41, 5.74) is -0.901. The van der Waals surface area contributed by atoms with E-state index in [-0.39, 0.29) is 41.2 Å². The van der Waals surface area contributed by atoms with E-state index in [1.54, 1.807) is 6.92 Å². The molecule has 1 unspecified atom stereocenters. The summed E-state index contributed by atoms with van der Waals surface area (Å²) in [5.74, 6) is -0.682.